The summed E-state index contributed by atoms with van der Waals surface area (Å²) in [5, 5.41) is 12.6. The standard InChI is InChI=1S/C23H32O5S.Na/c1-2-3-4-5-6-7-8-9-10-12-19-13-11-14-22(23(19)24)28-20-15-17-21(18-16-20)29(25,26)27;/h11,13-18,24H,2-10,12H2,1H3,(H,25,26,27);/q;+1/p-1. The Hall–Kier alpha value is -1.05. The summed E-state index contributed by atoms with van der Waals surface area (Å²) in [5.74, 6) is 0.429. The van der Waals surface area contributed by atoms with Crippen LogP contribution in [-0.4, -0.2) is 13.0 Å². The van der Waals surface area contributed by atoms with E-state index in [1.165, 1.54) is 69.2 Å². The van der Waals surface area contributed by atoms with Crippen LogP contribution in [0.3, 0.4) is 0 Å². The van der Waals surface area contributed by atoms with Crippen molar-refractivity contribution in [1.82, 2.24) is 0 Å². The fourth-order valence-electron chi connectivity index (χ4n) is 3.27. The molecule has 5 nitrogen and oxygen atoms in total. The zero-order valence-electron chi connectivity index (χ0n) is 18.1. The van der Waals surface area contributed by atoms with E-state index in [1.807, 2.05) is 6.07 Å². The van der Waals surface area contributed by atoms with Gasteiger partial charge in [0, 0.05) is 0 Å². The number of unbranched alkanes of at least 4 members (excludes halogenated alkanes) is 8. The van der Waals surface area contributed by atoms with E-state index in [-0.39, 0.29) is 46.0 Å². The Morgan fingerprint density at radius 2 is 1.43 bits per heavy atom. The number of ether oxygens (including phenoxy) is 1. The first-order chi connectivity index (χ1) is 13.9. The molecule has 0 radical (unpaired) electrons. The molecule has 0 unspecified atom stereocenters. The van der Waals surface area contributed by atoms with Crippen LogP contribution in [0.25, 0.3) is 0 Å². The molecule has 0 atom stereocenters. The second kappa shape index (κ2) is 14.1. The van der Waals surface area contributed by atoms with Crippen LogP contribution in [0, 0.1) is 0 Å². The summed E-state index contributed by atoms with van der Waals surface area (Å²) in [6.07, 6.45) is 11.9. The van der Waals surface area contributed by atoms with Crippen LogP contribution >= 0.6 is 0 Å². The second-order valence-electron chi connectivity index (χ2n) is 7.37. The van der Waals surface area contributed by atoms with Gasteiger partial charge in [-0.1, -0.05) is 81.7 Å². The Labute approximate surface area is 202 Å². The van der Waals surface area contributed by atoms with Crippen molar-refractivity contribution in [2.45, 2.75) is 76.0 Å². The Kier molecular flexibility index (Phi) is 12.7. The van der Waals surface area contributed by atoms with E-state index in [2.05, 4.69) is 6.92 Å². The van der Waals surface area contributed by atoms with Gasteiger partial charge in [-0.25, -0.2) is 0 Å². The summed E-state index contributed by atoms with van der Waals surface area (Å²) < 4.78 is 36.8. The smallest absolute Gasteiger partial charge is 0.870 e. The summed E-state index contributed by atoms with van der Waals surface area (Å²) in [7, 11) is -4.25. The molecule has 0 heterocycles. The van der Waals surface area contributed by atoms with Crippen molar-refractivity contribution < 1.29 is 52.4 Å². The third kappa shape index (κ3) is 9.40. The molecule has 0 amide bonds. The van der Waals surface area contributed by atoms with Gasteiger partial charge in [0.05, 0.1) is 4.90 Å². The molecule has 0 saturated carbocycles. The zero-order chi connectivity index (χ0) is 21.1. The van der Waals surface area contributed by atoms with Gasteiger partial charge < -0.3 is 9.84 Å². The molecular formula is C23H31NaO5S. The van der Waals surface area contributed by atoms with Gasteiger partial charge in [0.2, 0.25) is 0 Å². The predicted octanol–water partition coefficient (Wildman–Crippen LogP) is 2.88. The van der Waals surface area contributed by atoms with E-state index in [9.17, 15) is 13.5 Å². The maximum atomic E-state index is 12.6. The number of benzene rings is 2. The minimum atomic E-state index is -4.25. The predicted molar refractivity (Wildman–Crippen MR) is 113 cm³/mol. The Morgan fingerprint density at radius 3 is 2.00 bits per heavy atom. The van der Waals surface area contributed by atoms with Crippen molar-refractivity contribution in [3.05, 3.63) is 48.0 Å². The molecule has 1 N–H and O–H groups in total. The van der Waals surface area contributed by atoms with Crippen molar-refractivity contribution in [1.29, 1.82) is 0 Å². The quantitative estimate of drug-likeness (QED) is 0.293. The summed E-state index contributed by atoms with van der Waals surface area (Å²) in [6.45, 7) is 2.23. The summed E-state index contributed by atoms with van der Waals surface area (Å²) in [5.41, 5.74) is 0.736. The number of rotatable bonds is 13. The van der Waals surface area contributed by atoms with Crippen LogP contribution in [0.1, 0.15) is 70.3 Å². The summed E-state index contributed by atoms with van der Waals surface area (Å²) in [6, 6.07) is 10.5. The van der Waals surface area contributed by atoms with Gasteiger partial charge >= 0.3 is 29.6 Å². The number of para-hydroxylation sites is 1. The summed E-state index contributed by atoms with van der Waals surface area (Å²) >= 11 is 0. The van der Waals surface area contributed by atoms with E-state index in [4.69, 9.17) is 9.29 Å². The van der Waals surface area contributed by atoms with Gasteiger partial charge in [-0.05, 0) is 43.2 Å². The van der Waals surface area contributed by atoms with Gasteiger partial charge in [-0.15, -0.1) is 0 Å². The molecule has 0 aliphatic carbocycles. The Morgan fingerprint density at radius 1 is 0.867 bits per heavy atom. The first kappa shape index (κ1) is 27.0. The van der Waals surface area contributed by atoms with E-state index >= 15 is 0 Å². The third-order valence-electron chi connectivity index (χ3n) is 4.96. The molecule has 0 spiro atoms. The molecule has 2 rings (SSSR count). The van der Waals surface area contributed by atoms with Gasteiger partial charge in [-0.3, -0.25) is 4.55 Å². The van der Waals surface area contributed by atoms with Crippen LogP contribution in [0.4, 0.5) is 0 Å². The molecule has 30 heavy (non-hydrogen) atoms. The molecule has 0 saturated heterocycles. The first-order valence-corrected chi connectivity index (χ1v) is 11.9. The minimum absolute atomic E-state index is 0. The van der Waals surface area contributed by atoms with Crippen LogP contribution in [0.2, 0.25) is 0 Å². The Balaban J connectivity index is 0.00000450. The topological polar surface area (TPSA) is 86.7 Å². The molecule has 0 bridgehead atoms. The van der Waals surface area contributed by atoms with Crippen molar-refractivity contribution in [2.75, 3.05) is 0 Å². The molecule has 0 fully saturated rings. The van der Waals surface area contributed by atoms with Crippen LogP contribution < -0.4 is 39.4 Å². The van der Waals surface area contributed by atoms with Crippen LogP contribution in [-0.2, 0) is 16.5 Å². The van der Waals surface area contributed by atoms with Crippen molar-refractivity contribution in [3.63, 3.8) is 0 Å². The fourth-order valence-corrected chi connectivity index (χ4v) is 3.75. The van der Waals surface area contributed by atoms with E-state index in [0.717, 1.165) is 24.8 Å². The third-order valence-corrected chi connectivity index (χ3v) is 5.83. The van der Waals surface area contributed by atoms with Gasteiger partial charge in [0.1, 0.15) is 11.5 Å². The Bertz CT molecular complexity index is 850. The van der Waals surface area contributed by atoms with E-state index in [1.54, 1.807) is 12.1 Å². The monoisotopic (exact) mass is 442 g/mol. The minimum Gasteiger partial charge on any atom is -0.870 e. The normalized spacial score (nSPS) is 11.1. The largest absolute Gasteiger partial charge is 1.00 e. The molecule has 0 aliphatic heterocycles. The number of hydrogen-bond acceptors (Lipinski definition) is 4. The molecule has 7 heteroatoms. The van der Waals surface area contributed by atoms with E-state index in [0.29, 0.717) is 5.75 Å². The van der Waals surface area contributed by atoms with Crippen LogP contribution in [0.5, 0.6) is 17.2 Å². The molecule has 160 valence electrons. The zero-order valence-corrected chi connectivity index (χ0v) is 20.9. The molecule has 2 aromatic rings. The van der Waals surface area contributed by atoms with Crippen molar-refractivity contribution in [2.24, 2.45) is 0 Å². The molecular weight excluding hydrogens is 411 g/mol. The molecule has 2 aromatic carbocycles. The molecule has 0 aliphatic rings. The number of aryl methyl sites for hydroxylation is 1. The maximum absolute atomic E-state index is 12.6. The second-order valence-corrected chi connectivity index (χ2v) is 8.79. The van der Waals surface area contributed by atoms with Crippen molar-refractivity contribution >= 4 is 10.1 Å². The average molecular weight is 443 g/mol. The van der Waals surface area contributed by atoms with Gasteiger partial charge in [0.15, 0.2) is 0 Å². The van der Waals surface area contributed by atoms with Crippen LogP contribution in [0.15, 0.2) is 47.4 Å². The maximum Gasteiger partial charge on any atom is 1.00 e. The number of hydrogen-bond donors (Lipinski definition) is 1. The average Bonchev–Trinajstić information content (AvgIpc) is 2.69. The first-order valence-electron chi connectivity index (χ1n) is 10.5. The van der Waals surface area contributed by atoms with Gasteiger partial charge in [0.25, 0.3) is 10.1 Å². The summed E-state index contributed by atoms with van der Waals surface area (Å²) in [4.78, 5) is -0.216. The van der Waals surface area contributed by atoms with E-state index < -0.39 is 10.1 Å². The van der Waals surface area contributed by atoms with Crippen molar-refractivity contribution in [3.8, 4) is 17.2 Å². The fraction of sp³-hybridized carbons (Fsp3) is 0.478. The molecule has 0 aromatic heterocycles. The SMILES string of the molecule is CCCCCCCCCCCc1cccc(Oc2ccc(S(=O)(=O)O)cc2)c1[O-].[Na+]. The van der Waals surface area contributed by atoms with Gasteiger partial charge in [-0.2, -0.15) is 8.42 Å².